The average Bonchev–Trinajstić information content (AvgIpc) is 2.58. The quantitative estimate of drug-likeness (QED) is 0.587. The van der Waals surface area contributed by atoms with Gasteiger partial charge in [-0.25, -0.2) is 13.6 Å². The normalized spacial score (nSPS) is 12.2. The van der Waals surface area contributed by atoms with Gasteiger partial charge < -0.3 is 14.8 Å². The van der Waals surface area contributed by atoms with Crippen molar-refractivity contribution in [3.05, 3.63) is 65.2 Å². The molecule has 150 valence electrons. The highest BCUT2D eigenvalue weighted by Gasteiger charge is 2.31. The average molecular weight is 403 g/mol. The van der Waals surface area contributed by atoms with Gasteiger partial charge in [-0.3, -0.25) is 4.79 Å². The molecule has 2 aromatic rings. The lowest BCUT2D eigenvalue weighted by atomic mass is 10.1. The van der Waals surface area contributed by atoms with Gasteiger partial charge in [-0.1, -0.05) is 6.07 Å². The number of amides is 1. The SMILES string of the molecule is C[C@@H](NC(=O)COC(=O)c1ccc(OC(F)(F)F)cc1)c1ccc(F)cc1F. The first kappa shape index (κ1) is 21.1. The van der Waals surface area contributed by atoms with Crippen molar-refractivity contribution in [2.75, 3.05) is 6.61 Å². The molecule has 0 heterocycles. The van der Waals surface area contributed by atoms with Crippen LogP contribution >= 0.6 is 0 Å². The Balaban J connectivity index is 1.87. The lowest BCUT2D eigenvalue weighted by Gasteiger charge is -2.15. The molecule has 5 nitrogen and oxygen atoms in total. The van der Waals surface area contributed by atoms with Gasteiger partial charge in [-0.15, -0.1) is 13.2 Å². The molecular weight excluding hydrogens is 389 g/mol. The number of hydrogen-bond acceptors (Lipinski definition) is 4. The maximum atomic E-state index is 13.7. The van der Waals surface area contributed by atoms with Crippen molar-refractivity contribution in [1.82, 2.24) is 5.32 Å². The summed E-state index contributed by atoms with van der Waals surface area (Å²) in [5.74, 6) is -3.82. The Morgan fingerprint density at radius 3 is 2.29 bits per heavy atom. The fourth-order valence-corrected chi connectivity index (χ4v) is 2.22. The molecule has 2 aromatic carbocycles. The highest BCUT2D eigenvalue weighted by Crippen LogP contribution is 2.23. The molecule has 0 bridgehead atoms. The van der Waals surface area contributed by atoms with Crippen LogP contribution in [0.3, 0.4) is 0 Å². The van der Waals surface area contributed by atoms with Crippen molar-refractivity contribution in [3.8, 4) is 5.75 Å². The van der Waals surface area contributed by atoms with Crippen LogP contribution in [-0.2, 0) is 9.53 Å². The third-order valence-electron chi connectivity index (χ3n) is 3.46. The van der Waals surface area contributed by atoms with Crippen molar-refractivity contribution in [3.63, 3.8) is 0 Å². The summed E-state index contributed by atoms with van der Waals surface area (Å²) < 4.78 is 71.2. The van der Waals surface area contributed by atoms with Gasteiger partial charge in [0, 0.05) is 11.6 Å². The van der Waals surface area contributed by atoms with E-state index in [1.165, 1.54) is 13.0 Å². The van der Waals surface area contributed by atoms with Gasteiger partial charge in [0.2, 0.25) is 0 Å². The van der Waals surface area contributed by atoms with Crippen LogP contribution in [0.1, 0.15) is 28.9 Å². The Hall–Kier alpha value is -3.17. The highest BCUT2D eigenvalue weighted by atomic mass is 19.4. The van der Waals surface area contributed by atoms with Crippen LogP contribution in [0.25, 0.3) is 0 Å². The molecule has 1 N–H and O–H groups in total. The van der Waals surface area contributed by atoms with E-state index in [-0.39, 0.29) is 11.1 Å². The van der Waals surface area contributed by atoms with Gasteiger partial charge in [0.05, 0.1) is 11.6 Å². The van der Waals surface area contributed by atoms with Crippen LogP contribution in [0, 0.1) is 11.6 Å². The topological polar surface area (TPSA) is 64.6 Å². The van der Waals surface area contributed by atoms with Gasteiger partial charge in [0.1, 0.15) is 17.4 Å². The van der Waals surface area contributed by atoms with Gasteiger partial charge in [0.25, 0.3) is 5.91 Å². The zero-order valence-corrected chi connectivity index (χ0v) is 14.3. The maximum absolute atomic E-state index is 13.7. The van der Waals surface area contributed by atoms with Gasteiger partial charge in [-0.05, 0) is 37.3 Å². The van der Waals surface area contributed by atoms with Gasteiger partial charge >= 0.3 is 12.3 Å². The first-order chi connectivity index (χ1) is 13.0. The molecule has 10 heteroatoms. The third kappa shape index (κ3) is 6.22. The fraction of sp³-hybridized carbons (Fsp3) is 0.222. The van der Waals surface area contributed by atoms with Crippen molar-refractivity contribution < 1.29 is 41.0 Å². The molecule has 1 atom stereocenters. The van der Waals surface area contributed by atoms with Gasteiger partial charge in [0.15, 0.2) is 6.61 Å². The minimum absolute atomic E-state index is 0.0429. The second-order valence-corrected chi connectivity index (χ2v) is 5.60. The number of benzene rings is 2. The smallest absolute Gasteiger partial charge is 0.452 e. The third-order valence-corrected chi connectivity index (χ3v) is 3.46. The molecule has 0 unspecified atom stereocenters. The summed E-state index contributed by atoms with van der Waals surface area (Å²) in [7, 11) is 0. The Kier molecular flexibility index (Phi) is 6.55. The summed E-state index contributed by atoms with van der Waals surface area (Å²) in [5, 5.41) is 2.37. The number of ether oxygens (including phenoxy) is 2. The van der Waals surface area contributed by atoms with Crippen LogP contribution in [0.2, 0.25) is 0 Å². The summed E-state index contributed by atoms with van der Waals surface area (Å²) in [5.41, 5.74) is -0.0544. The van der Waals surface area contributed by atoms with Crippen LogP contribution < -0.4 is 10.1 Å². The van der Waals surface area contributed by atoms with E-state index in [0.717, 1.165) is 30.3 Å². The summed E-state index contributed by atoms with van der Waals surface area (Å²) in [6, 6.07) is 5.98. The molecule has 0 aliphatic carbocycles. The Labute approximate surface area is 156 Å². The largest absolute Gasteiger partial charge is 0.573 e. The molecule has 0 aliphatic heterocycles. The summed E-state index contributed by atoms with van der Waals surface area (Å²) in [6.45, 7) is 0.752. The molecule has 0 aliphatic rings. The number of alkyl halides is 3. The fourth-order valence-electron chi connectivity index (χ4n) is 2.22. The predicted molar refractivity (Wildman–Crippen MR) is 86.3 cm³/mol. The van der Waals surface area contributed by atoms with Crippen molar-refractivity contribution in [2.24, 2.45) is 0 Å². The molecule has 0 saturated heterocycles. The first-order valence-electron chi connectivity index (χ1n) is 7.82. The molecule has 0 saturated carbocycles. The summed E-state index contributed by atoms with van der Waals surface area (Å²) >= 11 is 0. The van der Waals surface area contributed by atoms with Crippen LogP contribution in [0.5, 0.6) is 5.75 Å². The van der Waals surface area contributed by atoms with E-state index in [2.05, 4.69) is 10.1 Å². The second-order valence-electron chi connectivity index (χ2n) is 5.60. The number of rotatable bonds is 6. The lowest BCUT2D eigenvalue weighted by Crippen LogP contribution is -2.31. The van der Waals surface area contributed by atoms with E-state index in [9.17, 15) is 31.5 Å². The second kappa shape index (κ2) is 8.68. The van der Waals surface area contributed by atoms with Gasteiger partial charge in [-0.2, -0.15) is 0 Å². The predicted octanol–water partition coefficient (Wildman–Crippen LogP) is 3.90. The summed E-state index contributed by atoms with van der Waals surface area (Å²) in [4.78, 5) is 23.6. The molecular formula is C18H14F5NO4. The van der Waals surface area contributed by atoms with E-state index in [1.54, 1.807) is 0 Å². The van der Waals surface area contributed by atoms with E-state index < -0.39 is 48.3 Å². The molecule has 1 amide bonds. The number of carbonyl (C=O) groups excluding carboxylic acids is 2. The van der Waals surface area contributed by atoms with Crippen LogP contribution in [0.15, 0.2) is 42.5 Å². The highest BCUT2D eigenvalue weighted by molar-refractivity contribution is 5.91. The Morgan fingerprint density at radius 1 is 1.07 bits per heavy atom. The summed E-state index contributed by atoms with van der Waals surface area (Å²) in [6.07, 6.45) is -4.86. The Bertz CT molecular complexity index is 852. The number of halogens is 5. The van der Waals surface area contributed by atoms with E-state index in [1.807, 2.05) is 0 Å². The van der Waals surface area contributed by atoms with Crippen molar-refractivity contribution in [2.45, 2.75) is 19.3 Å². The molecule has 0 aromatic heterocycles. The molecule has 0 fully saturated rings. The number of esters is 1. The van der Waals surface area contributed by atoms with Crippen LogP contribution in [-0.4, -0.2) is 24.8 Å². The maximum Gasteiger partial charge on any atom is 0.573 e. The Morgan fingerprint density at radius 2 is 1.71 bits per heavy atom. The minimum Gasteiger partial charge on any atom is -0.452 e. The van der Waals surface area contributed by atoms with E-state index in [4.69, 9.17) is 4.74 Å². The monoisotopic (exact) mass is 403 g/mol. The molecule has 0 spiro atoms. The number of carbonyl (C=O) groups is 2. The van der Waals surface area contributed by atoms with Crippen molar-refractivity contribution >= 4 is 11.9 Å². The van der Waals surface area contributed by atoms with E-state index in [0.29, 0.717) is 6.07 Å². The zero-order chi connectivity index (χ0) is 20.9. The zero-order valence-electron chi connectivity index (χ0n) is 14.3. The molecule has 0 radical (unpaired) electrons. The minimum atomic E-state index is -4.86. The number of nitrogens with one attached hydrogen (secondary N) is 1. The van der Waals surface area contributed by atoms with E-state index >= 15 is 0 Å². The standard InChI is InChI=1S/C18H14F5NO4/c1-10(14-7-4-12(19)8-15(14)20)24-16(25)9-27-17(26)11-2-5-13(6-3-11)28-18(21,22)23/h2-8,10H,9H2,1H3,(H,24,25)/t10-/m1/s1. The van der Waals surface area contributed by atoms with Crippen molar-refractivity contribution in [1.29, 1.82) is 0 Å². The molecule has 28 heavy (non-hydrogen) atoms. The molecule has 2 rings (SSSR count). The van der Waals surface area contributed by atoms with Crippen LogP contribution in [0.4, 0.5) is 22.0 Å². The lowest BCUT2D eigenvalue weighted by molar-refractivity contribution is -0.274. The first-order valence-corrected chi connectivity index (χ1v) is 7.82. The number of hydrogen-bond donors (Lipinski definition) is 1.